The van der Waals surface area contributed by atoms with Crippen molar-refractivity contribution in [1.29, 1.82) is 0 Å². The zero-order chi connectivity index (χ0) is 12.8. The van der Waals surface area contributed by atoms with Crippen molar-refractivity contribution >= 4 is 16.5 Å². The van der Waals surface area contributed by atoms with Crippen LogP contribution in [0.2, 0.25) is 0 Å². The Morgan fingerprint density at radius 3 is 2.71 bits per heavy atom. The van der Waals surface area contributed by atoms with Crippen molar-refractivity contribution in [2.24, 2.45) is 0 Å². The van der Waals surface area contributed by atoms with Crippen molar-refractivity contribution in [3.63, 3.8) is 0 Å². The number of nitrogens with zero attached hydrogens (tertiary/aromatic N) is 2. The topological polar surface area (TPSA) is 37.4 Å². The van der Waals surface area contributed by atoms with Gasteiger partial charge in [0.25, 0.3) is 0 Å². The Morgan fingerprint density at radius 1 is 1.47 bits per heavy atom. The van der Waals surface area contributed by atoms with Gasteiger partial charge in [-0.2, -0.15) is 0 Å². The van der Waals surface area contributed by atoms with Gasteiger partial charge in [-0.05, 0) is 20.4 Å². The monoisotopic (exact) mass is 257 g/mol. The average molecular weight is 257 g/mol. The summed E-state index contributed by atoms with van der Waals surface area (Å²) in [7, 11) is 3.79. The van der Waals surface area contributed by atoms with Gasteiger partial charge in [0.15, 0.2) is 5.13 Å². The summed E-state index contributed by atoms with van der Waals surface area (Å²) in [5.74, 6) is 0. The van der Waals surface area contributed by atoms with Crippen molar-refractivity contribution in [3.05, 3.63) is 10.6 Å². The Kier molecular flexibility index (Phi) is 5.88. The predicted molar refractivity (Wildman–Crippen MR) is 73.7 cm³/mol. The van der Waals surface area contributed by atoms with Gasteiger partial charge in [-0.1, -0.05) is 6.92 Å². The highest BCUT2D eigenvalue weighted by molar-refractivity contribution is 7.15. The highest BCUT2D eigenvalue weighted by Gasteiger charge is 2.15. The molecule has 0 aliphatic heterocycles. The molecule has 0 saturated carbocycles. The van der Waals surface area contributed by atoms with Crippen molar-refractivity contribution in [3.8, 4) is 0 Å². The molecule has 0 spiro atoms. The first-order valence-corrected chi connectivity index (χ1v) is 6.82. The third kappa shape index (κ3) is 3.94. The number of anilines is 1. The SMILES string of the molecule is CCNCc1sc(N(C)C(C)C)nc1COC. The summed E-state index contributed by atoms with van der Waals surface area (Å²) in [5, 5.41) is 4.41. The minimum Gasteiger partial charge on any atom is -0.378 e. The first kappa shape index (κ1) is 14.4. The number of ether oxygens (including phenoxy) is 1. The van der Waals surface area contributed by atoms with Gasteiger partial charge >= 0.3 is 0 Å². The molecule has 4 nitrogen and oxygen atoms in total. The minimum absolute atomic E-state index is 0.462. The van der Waals surface area contributed by atoms with Crippen LogP contribution in [0, 0.1) is 0 Å². The number of hydrogen-bond donors (Lipinski definition) is 1. The number of thiazole rings is 1. The lowest BCUT2D eigenvalue weighted by Gasteiger charge is -2.19. The maximum atomic E-state index is 5.20. The normalized spacial score (nSPS) is 11.2. The standard InChI is InChI=1S/C12H23N3OS/c1-6-13-7-11-10(8-16-5)14-12(17-11)15(4)9(2)3/h9,13H,6-8H2,1-5H3. The molecule has 1 aromatic heterocycles. The van der Waals surface area contributed by atoms with Crippen LogP contribution in [0.1, 0.15) is 31.3 Å². The van der Waals surface area contributed by atoms with Crippen molar-refractivity contribution in [2.75, 3.05) is 25.6 Å². The summed E-state index contributed by atoms with van der Waals surface area (Å²) >= 11 is 1.75. The Labute approximate surface area is 108 Å². The molecule has 0 unspecified atom stereocenters. The fourth-order valence-corrected chi connectivity index (χ4v) is 2.50. The van der Waals surface area contributed by atoms with Gasteiger partial charge in [0.2, 0.25) is 0 Å². The van der Waals surface area contributed by atoms with E-state index in [1.807, 2.05) is 0 Å². The van der Waals surface area contributed by atoms with E-state index in [1.165, 1.54) is 4.88 Å². The van der Waals surface area contributed by atoms with Crippen LogP contribution in [0.3, 0.4) is 0 Å². The third-order valence-corrected chi connectivity index (χ3v) is 3.85. The lowest BCUT2D eigenvalue weighted by Crippen LogP contribution is -2.25. The Hall–Kier alpha value is -0.650. The van der Waals surface area contributed by atoms with E-state index in [-0.39, 0.29) is 0 Å². The van der Waals surface area contributed by atoms with E-state index in [0.29, 0.717) is 12.6 Å². The van der Waals surface area contributed by atoms with E-state index >= 15 is 0 Å². The van der Waals surface area contributed by atoms with Gasteiger partial charge in [-0.25, -0.2) is 4.98 Å². The second-order valence-corrected chi connectivity index (χ2v) is 5.35. The molecule has 1 heterocycles. The maximum Gasteiger partial charge on any atom is 0.185 e. The van der Waals surface area contributed by atoms with Crippen molar-refractivity contribution in [2.45, 2.75) is 40.0 Å². The van der Waals surface area contributed by atoms with Crippen LogP contribution in [-0.4, -0.2) is 31.7 Å². The van der Waals surface area contributed by atoms with Gasteiger partial charge in [0.1, 0.15) is 0 Å². The lowest BCUT2D eigenvalue weighted by atomic mass is 10.3. The highest BCUT2D eigenvalue weighted by Crippen LogP contribution is 2.27. The lowest BCUT2D eigenvalue weighted by molar-refractivity contribution is 0.181. The van der Waals surface area contributed by atoms with Crippen LogP contribution < -0.4 is 10.2 Å². The molecule has 0 aliphatic carbocycles. The number of hydrogen-bond acceptors (Lipinski definition) is 5. The zero-order valence-corrected chi connectivity index (χ0v) is 12.2. The third-order valence-electron chi connectivity index (χ3n) is 2.66. The smallest absolute Gasteiger partial charge is 0.185 e. The molecule has 1 aromatic rings. The van der Waals surface area contributed by atoms with Crippen LogP contribution in [-0.2, 0) is 17.9 Å². The first-order chi connectivity index (χ1) is 8.10. The second kappa shape index (κ2) is 6.93. The van der Waals surface area contributed by atoms with Gasteiger partial charge in [-0.15, -0.1) is 11.3 Å². The van der Waals surface area contributed by atoms with Gasteiger partial charge in [0, 0.05) is 31.6 Å². The number of methoxy groups -OCH3 is 1. The van der Waals surface area contributed by atoms with Gasteiger partial charge < -0.3 is 15.0 Å². The van der Waals surface area contributed by atoms with Crippen LogP contribution in [0.4, 0.5) is 5.13 Å². The number of rotatable bonds is 7. The molecule has 98 valence electrons. The number of nitrogens with one attached hydrogen (secondary N) is 1. The van der Waals surface area contributed by atoms with E-state index in [4.69, 9.17) is 4.74 Å². The fraction of sp³-hybridized carbons (Fsp3) is 0.750. The molecule has 0 amide bonds. The van der Waals surface area contributed by atoms with E-state index in [0.717, 1.165) is 23.9 Å². The van der Waals surface area contributed by atoms with Crippen LogP contribution >= 0.6 is 11.3 Å². The molecule has 1 rings (SSSR count). The molecule has 1 N–H and O–H groups in total. The predicted octanol–water partition coefficient (Wildman–Crippen LogP) is 2.24. The molecule has 0 aromatic carbocycles. The average Bonchev–Trinajstić information content (AvgIpc) is 2.69. The van der Waals surface area contributed by atoms with Crippen LogP contribution in [0.5, 0.6) is 0 Å². The van der Waals surface area contributed by atoms with E-state index < -0.39 is 0 Å². The molecule has 0 atom stereocenters. The molecular weight excluding hydrogens is 234 g/mol. The van der Waals surface area contributed by atoms with Crippen LogP contribution in [0.25, 0.3) is 0 Å². The second-order valence-electron chi connectivity index (χ2n) is 4.28. The molecule has 0 bridgehead atoms. The van der Waals surface area contributed by atoms with Crippen LogP contribution in [0.15, 0.2) is 0 Å². The first-order valence-electron chi connectivity index (χ1n) is 6.01. The molecule has 0 aliphatic rings. The van der Waals surface area contributed by atoms with Crippen molar-refractivity contribution < 1.29 is 4.74 Å². The molecule has 0 radical (unpaired) electrons. The number of aromatic nitrogens is 1. The quantitative estimate of drug-likeness (QED) is 0.813. The summed E-state index contributed by atoms with van der Waals surface area (Å²) < 4.78 is 5.20. The molecule has 5 heteroatoms. The highest BCUT2D eigenvalue weighted by atomic mass is 32.1. The Morgan fingerprint density at radius 2 is 2.18 bits per heavy atom. The zero-order valence-electron chi connectivity index (χ0n) is 11.4. The summed E-state index contributed by atoms with van der Waals surface area (Å²) in [4.78, 5) is 8.12. The van der Waals surface area contributed by atoms with E-state index in [1.54, 1.807) is 18.4 Å². The molecule has 0 fully saturated rings. The van der Waals surface area contributed by atoms with Gasteiger partial charge in [0.05, 0.1) is 12.3 Å². The van der Waals surface area contributed by atoms with Crippen molar-refractivity contribution in [1.82, 2.24) is 10.3 Å². The summed E-state index contributed by atoms with van der Waals surface area (Å²) in [6.45, 7) is 8.88. The Balaban J connectivity index is 2.86. The summed E-state index contributed by atoms with van der Waals surface area (Å²) in [6.07, 6.45) is 0. The van der Waals surface area contributed by atoms with E-state index in [9.17, 15) is 0 Å². The summed E-state index contributed by atoms with van der Waals surface area (Å²) in [5.41, 5.74) is 1.06. The maximum absolute atomic E-state index is 5.20. The molecular formula is C12H23N3OS. The van der Waals surface area contributed by atoms with E-state index in [2.05, 4.69) is 43.0 Å². The van der Waals surface area contributed by atoms with Gasteiger partial charge in [-0.3, -0.25) is 0 Å². The molecule has 17 heavy (non-hydrogen) atoms. The largest absolute Gasteiger partial charge is 0.378 e. The summed E-state index contributed by atoms with van der Waals surface area (Å²) in [6, 6.07) is 0.462. The minimum atomic E-state index is 0.462. The molecule has 0 saturated heterocycles. The fourth-order valence-electron chi connectivity index (χ4n) is 1.37. The Bertz CT molecular complexity index is 338.